The highest BCUT2D eigenvalue weighted by Gasteiger charge is 2.55. The first-order chi connectivity index (χ1) is 29.0. The maximum Gasteiger partial charge on any atom is 0.411 e. The van der Waals surface area contributed by atoms with E-state index in [1.807, 2.05) is 74.8 Å². The number of fused-ring (bicyclic) bond motifs is 6. The van der Waals surface area contributed by atoms with Gasteiger partial charge in [0.05, 0.1) is 42.1 Å². The Hall–Kier alpha value is -5.79. The molecule has 3 amide bonds. The molecule has 4 heterocycles. The van der Waals surface area contributed by atoms with E-state index in [4.69, 9.17) is 19.4 Å². The number of hydrogen-bond acceptors (Lipinski definition) is 7. The van der Waals surface area contributed by atoms with Gasteiger partial charge in [0.1, 0.15) is 23.3 Å². The lowest BCUT2D eigenvalue weighted by Crippen LogP contribution is -2.51. The van der Waals surface area contributed by atoms with Gasteiger partial charge in [-0.05, 0) is 123 Å². The summed E-state index contributed by atoms with van der Waals surface area (Å²) in [5.74, 6) is -2.03. The fourth-order valence-corrected chi connectivity index (χ4v) is 10.4. The molecule has 2 saturated carbocycles. The van der Waals surface area contributed by atoms with Crippen molar-refractivity contribution in [3.8, 4) is 33.5 Å². The topological polar surface area (TPSA) is 146 Å². The molecule has 5 atom stereocenters. The average molecular weight is 832 g/mol. The molecule has 2 bridgehead atoms. The number of ether oxygens (including phenoxy) is 2. The van der Waals surface area contributed by atoms with Crippen LogP contribution in [0.3, 0.4) is 0 Å². The zero-order valence-corrected chi connectivity index (χ0v) is 35.3. The number of likely N-dealkylation sites (tertiary alicyclic amines) is 2. The van der Waals surface area contributed by atoms with Crippen molar-refractivity contribution < 1.29 is 32.6 Å². The lowest BCUT2D eigenvalue weighted by Gasteiger charge is -2.35. The Labute approximate surface area is 352 Å². The molecule has 2 saturated heterocycles. The van der Waals surface area contributed by atoms with Crippen LogP contribution in [0.2, 0.25) is 0 Å². The van der Waals surface area contributed by atoms with Crippen LogP contribution in [0.4, 0.5) is 18.4 Å². The summed E-state index contributed by atoms with van der Waals surface area (Å²) in [6.07, 6.45) is 6.30. The van der Waals surface area contributed by atoms with E-state index in [0.717, 1.165) is 60.9 Å². The number of halogens is 2. The molecule has 4 fully saturated rings. The van der Waals surface area contributed by atoms with E-state index in [-0.39, 0.29) is 58.5 Å². The number of nitrogens with zero attached hydrogens (tertiary/aromatic N) is 4. The predicted octanol–water partition coefficient (Wildman–Crippen LogP) is 9.64. The monoisotopic (exact) mass is 831 g/mol. The molecule has 2 aliphatic heterocycles. The fourth-order valence-electron chi connectivity index (χ4n) is 10.4. The SMILES string of the molecule is COC(=O)NC(C(=O)N1CC2(CC2)CC1c1ncc(-c2ccc3c(c2)C(F)(F)c2cc(-c4ccc5nc(C6[C@H]7CC[C@H](C7)N6C(=O)OC(C)(C)C)[nH]c5c4)ccc2-3)[nH]1)C(C)C. The lowest BCUT2D eigenvalue weighted by atomic mass is 9.98. The summed E-state index contributed by atoms with van der Waals surface area (Å²) in [6.45, 7) is 9.93. The third-order valence-electron chi connectivity index (χ3n) is 13.7. The van der Waals surface area contributed by atoms with Crippen molar-refractivity contribution in [1.82, 2.24) is 35.1 Å². The Morgan fingerprint density at radius 3 is 2.30 bits per heavy atom. The lowest BCUT2D eigenvalue weighted by molar-refractivity contribution is -0.135. The quantitative estimate of drug-likeness (QED) is 0.148. The van der Waals surface area contributed by atoms with Crippen LogP contribution in [0, 0.1) is 17.3 Å². The number of hydrogen-bond donors (Lipinski definition) is 3. The largest absolute Gasteiger partial charge is 0.453 e. The number of benzene rings is 3. The Kier molecular flexibility index (Phi) is 8.95. The van der Waals surface area contributed by atoms with Crippen LogP contribution in [0.15, 0.2) is 60.8 Å². The zero-order valence-electron chi connectivity index (χ0n) is 35.3. The normalized spacial score (nSPS) is 23.4. The number of rotatable bonds is 7. The number of methoxy groups -OCH3 is 1. The number of nitrogens with one attached hydrogen (secondary N) is 3. The van der Waals surface area contributed by atoms with Crippen molar-refractivity contribution in [3.05, 3.63) is 83.6 Å². The van der Waals surface area contributed by atoms with Gasteiger partial charge in [-0.1, -0.05) is 44.2 Å². The molecule has 0 radical (unpaired) electrons. The Morgan fingerprint density at radius 1 is 0.918 bits per heavy atom. The van der Waals surface area contributed by atoms with Gasteiger partial charge in [0.15, 0.2) is 0 Å². The van der Waals surface area contributed by atoms with Gasteiger partial charge in [0, 0.05) is 29.3 Å². The number of carbonyl (C=O) groups is 3. The number of piperidine rings is 1. The maximum absolute atomic E-state index is 16.6. The van der Waals surface area contributed by atoms with Crippen LogP contribution in [0.1, 0.15) is 108 Å². The summed E-state index contributed by atoms with van der Waals surface area (Å²) in [6, 6.07) is 14.9. The van der Waals surface area contributed by atoms with Crippen molar-refractivity contribution in [2.75, 3.05) is 13.7 Å². The molecule has 10 rings (SSSR count). The van der Waals surface area contributed by atoms with Gasteiger partial charge in [-0.25, -0.2) is 19.6 Å². The minimum atomic E-state index is -3.26. The highest BCUT2D eigenvalue weighted by atomic mass is 19.3. The van der Waals surface area contributed by atoms with Gasteiger partial charge in [0.2, 0.25) is 5.91 Å². The average Bonchev–Trinajstić information content (AvgIpc) is 3.87. The van der Waals surface area contributed by atoms with Crippen molar-refractivity contribution in [2.24, 2.45) is 17.3 Å². The number of alkyl carbamates (subject to hydrolysis) is 1. The Balaban J connectivity index is 0.901. The molecule has 5 aliphatic rings. The summed E-state index contributed by atoms with van der Waals surface area (Å²) < 4.78 is 43.8. The molecule has 5 aromatic rings. The third kappa shape index (κ3) is 6.64. The third-order valence-corrected chi connectivity index (χ3v) is 13.7. The van der Waals surface area contributed by atoms with Crippen LogP contribution in [-0.4, -0.2) is 79.2 Å². The maximum atomic E-state index is 16.6. The summed E-state index contributed by atoms with van der Waals surface area (Å²) >= 11 is 0. The van der Waals surface area contributed by atoms with Crippen LogP contribution in [0.5, 0.6) is 0 Å². The molecule has 1 spiro atoms. The van der Waals surface area contributed by atoms with E-state index >= 15 is 8.78 Å². The number of H-pyrrole nitrogens is 2. The van der Waals surface area contributed by atoms with Crippen LogP contribution in [-0.2, 0) is 20.2 Å². The molecule has 14 heteroatoms. The van der Waals surface area contributed by atoms with Crippen LogP contribution >= 0.6 is 0 Å². The van der Waals surface area contributed by atoms with Gasteiger partial charge >= 0.3 is 12.2 Å². The predicted molar refractivity (Wildman–Crippen MR) is 224 cm³/mol. The molecule has 61 heavy (non-hydrogen) atoms. The molecule has 318 valence electrons. The minimum absolute atomic E-state index is 0.0215. The van der Waals surface area contributed by atoms with E-state index in [1.54, 1.807) is 24.4 Å². The van der Waals surface area contributed by atoms with Gasteiger partial charge in [-0.15, -0.1) is 0 Å². The smallest absolute Gasteiger partial charge is 0.411 e. The van der Waals surface area contributed by atoms with Gasteiger partial charge in [-0.3, -0.25) is 9.69 Å². The van der Waals surface area contributed by atoms with Crippen molar-refractivity contribution in [3.63, 3.8) is 0 Å². The van der Waals surface area contributed by atoms with Crippen LogP contribution < -0.4 is 5.32 Å². The van der Waals surface area contributed by atoms with Crippen LogP contribution in [0.25, 0.3) is 44.5 Å². The number of alkyl halides is 2. The Bertz CT molecular complexity index is 2610. The Morgan fingerprint density at radius 2 is 1.61 bits per heavy atom. The second-order valence-electron chi connectivity index (χ2n) is 19.2. The first kappa shape index (κ1) is 39.4. The number of carbonyl (C=O) groups excluding carboxylic acids is 3. The van der Waals surface area contributed by atoms with Gasteiger partial charge in [-0.2, -0.15) is 8.78 Å². The number of aromatic amines is 2. The number of imidazole rings is 2. The van der Waals surface area contributed by atoms with E-state index in [0.29, 0.717) is 40.3 Å². The number of aromatic nitrogens is 4. The molecule has 2 aromatic heterocycles. The first-order valence-corrected chi connectivity index (χ1v) is 21.4. The summed E-state index contributed by atoms with van der Waals surface area (Å²) in [7, 11) is 1.27. The molecule has 12 nitrogen and oxygen atoms in total. The molecule has 3 aliphatic carbocycles. The first-order valence-electron chi connectivity index (χ1n) is 21.4. The summed E-state index contributed by atoms with van der Waals surface area (Å²) in [4.78, 5) is 59.6. The van der Waals surface area contributed by atoms with Gasteiger partial charge < -0.3 is 29.7 Å². The highest BCUT2D eigenvalue weighted by Crippen LogP contribution is 2.59. The van der Waals surface area contributed by atoms with E-state index in [1.165, 1.54) is 13.2 Å². The summed E-state index contributed by atoms with van der Waals surface area (Å²) in [5, 5.41) is 2.70. The molecule has 3 aromatic carbocycles. The van der Waals surface area contributed by atoms with Crippen molar-refractivity contribution >= 4 is 29.1 Å². The molecule has 3 unspecified atom stereocenters. The zero-order chi connectivity index (χ0) is 42.7. The standard InChI is InChI=1S/C47H51F2N7O5/c1-24(2)38(54-43(58)60-6)42(57)55-23-46(15-16-46)21-37(55)40-50-22-36(53-40)27-9-13-31-30-12-8-25(18-32(30)47(48,49)33(31)19-27)26-10-14-34-35(20-26)52-41(51-34)39-28-7-11-29(17-28)56(39)44(59)61-45(3,4)5/h8-10,12-14,18-20,22,24,28-29,37-39H,7,11,15-17,21,23H2,1-6H3,(H,50,53)(H,51,52)(H,54,58)/t28-,29+,37?,38?,39?/m0/s1. The van der Waals surface area contributed by atoms with Gasteiger partial charge in [0.25, 0.3) is 5.92 Å². The second-order valence-corrected chi connectivity index (χ2v) is 19.2. The van der Waals surface area contributed by atoms with Crippen molar-refractivity contribution in [1.29, 1.82) is 0 Å². The fraction of sp³-hybridized carbons (Fsp3) is 0.468. The molecular formula is C47H51F2N7O5. The van der Waals surface area contributed by atoms with E-state index < -0.39 is 23.7 Å². The van der Waals surface area contributed by atoms with E-state index in [2.05, 4.69) is 15.3 Å². The molecular weight excluding hydrogens is 781 g/mol. The summed E-state index contributed by atoms with van der Waals surface area (Å²) in [5.41, 5.74) is 4.32. The molecule has 3 N–H and O–H groups in total. The minimum Gasteiger partial charge on any atom is -0.453 e. The number of amides is 3. The highest BCUT2D eigenvalue weighted by molar-refractivity contribution is 5.88. The van der Waals surface area contributed by atoms with Crippen molar-refractivity contribution in [2.45, 2.75) is 109 Å². The second kappa shape index (κ2) is 13.9. The van der Waals surface area contributed by atoms with E-state index in [9.17, 15) is 14.4 Å².